The largest absolute Gasteiger partial charge is 1.00 e. The molecule has 0 saturated carbocycles. The van der Waals surface area contributed by atoms with Crippen molar-refractivity contribution in [2.45, 2.75) is 122 Å². The van der Waals surface area contributed by atoms with Gasteiger partial charge >= 0.3 is 0 Å². The van der Waals surface area contributed by atoms with Gasteiger partial charge in [0, 0.05) is 33.4 Å². The van der Waals surface area contributed by atoms with Crippen LogP contribution in [0.2, 0.25) is 0 Å². The van der Waals surface area contributed by atoms with Crippen LogP contribution in [-0.4, -0.2) is 83.0 Å². The van der Waals surface area contributed by atoms with Gasteiger partial charge in [0.05, 0.1) is 40.4 Å². The van der Waals surface area contributed by atoms with Crippen LogP contribution in [0, 0.1) is 0 Å². The topological polar surface area (TPSA) is 47.9 Å². The van der Waals surface area contributed by atoms with Crippen molar-refractivity contribution in [1.82, 2.24) is 0 Å². The molecule has 6 heteroatoms. The standard InChI is InChI=1S/C29H62NO4.BrH/c1-5-6-7-8-9-10-11-12-13-14-15-16-17-19-25-33-27-29(32-4)28-34-26-20-18-22-30(2,3)23-21-24-31;/h29,31H,5-28H2,1-4H3;1H/q+1;/p-1. The molecule has 0 spiro atoms. The maximum atomic E-state index is 8.98. The summed E-state index contributed by atoms with van der Waals surface area (Å²) in [6.07, 6.45) is 22.5. The molecule has 0 radical (unpaired) electrons. The van der Waals surface area contributed by atoms with E-state index in [1.807, 2.05) is 0 Å². The molecule has 0 heterocycles. The molecule has 1 N–H and O–H groups in total. The van der Waals surface area contributed by atoms with Crippen molar-refractivity contribution in [3.8, 4) is 0 Å². The second-order valence-corrected chi connectivity index (χ2v) is 10.8. The monoisotopic (exact) mass is 567 g/mol. The summed E-state index contributed by atoms with van der Waals surface area (Å²) >= 11 is 0. The maximum Gasteiger partial charge on any atom is 0.104 e. The molecule has 0 bridgehead atoms. The number of unbranched alkanes of at least 4 members (excludes halogenated alkanes) is 14. The molecule has 0 saturated heterocycles. The Morgan fingerprint density at radius 2 is 1.00 bits per heavy atom. The molecule has 1 atom stereocenters. The van der Waals surface area contributed by atoms with Crippen molar-refractivity contribution in [3.63, 3.8) is 0 Å². The Labute approximate surface area is 230 Å². The Morgan fingerprint density at radius 3 is 1.43 bits per heavy atom. The van der Waals surface area contributed by atoms with Crippen LogP contribution in [-0.2, 0) is 14.2 Å². The second-order valence-electron chi connectivity index (χ2n) is 10.8. The first-order valence-electron chi connectivity index (χ1n) is 14.7. The van der Waals surface area contributed by atoms with Crippen molar-refractivity contribution in [1.29, 1.82) is 0 Å². The predicted molar refractivity (Wildman–Crippen MR) is 146 cm³/mol. The first kappa shape index (κ1) is 37.4. The Kier molecular flexibility index (Phi) is 30.8. The van der Waals surface area contributed by atoms with Gasteiger partial charge < -0.3 is 40.8 Å². The summed E-state index contributed by atoms with van der Waals surface area (Å²) in [6, 6.07) is 0. The van der Waals surface area contributed by atoms with Crippen LogP contribution in [0.3, 0.4) is 0 Å². The fourth-order valence-corrected chi connectivity index (χ4v) is 4.37. The molecular weight excluding hydrogens is 506 g/mol. The number of aliphatic hydroxyl groups is 1. The van der Waals surface area contributed by atoms with Crippen molar-refractivity contribution >= 4 is 0 Å². The first-order valence-corrected chi connectivity index (χ1v) is 14.7. The molecule has 0 amide bonds. The Bertz CT molecular complexity index is 399. The number of quaternary nitrogens is 1. The van der Waals surface area contributed by atoms with Gasteiger partial charge in [-0.2, -0.15) is 0 Å². The minimum absolute atomic E-state index is 0. The molecule has 0 aliphatic rings. The van der Waals surface area contributed by atoms with E-state index in [0.717, 1.165) is 56.5 Å². The van der Waals surface area contributed by atoms with Crippen molar-refractivity contribution in [2.24, 2.45) is 0 Å². The molecule has 5 nitrogen and oxygen atoms in total. The molecule has 0 aliphatic heterocycles. The molecule has 214 valence electrons. The average Bonchev–Trinajstić information content (AvgIpc) is 2.83. The summed E-state index contributed by atoms with van der Waals surface area (Å²) in [4.78, 5) is 0. The van der Waals surface area contributed by atoms with Gasteiger partial charge in [0.2, 0.25) is 0 Å². The summed E-state index contributed by atoms with van der Waals surface area (Å²) in [5, 5.41) is 8.98. The van der Waals surface area contributed by atoms with E-state index in [-0.39, 0.29) is 29.7 Å². The molecule has 0 fully saturated rings. The smallest absolute Gasteiger partial charge is 0.104 e. The summed E-state index contributed by atoms with van der Waals surface area (Å²) in [5.74, 6) is 0. The van der Waals surface area contributed by atoms with E-state index >= 15 is 0 Å². The predicted octanol–water partition coefficient (Wildman–Crippen LogP) is 3.76. The van der Waals surface area contributed by atoms with Crippen LogP contribution < -0.4 is 17.0 Å². The van der Waals surface area contributed by atoms with Crippen LogP contribution >= 0.6 is 0 Å². The molecule has 0 aromatic carbocycles. The molecule has 1 unspecified atom stereocenters. The Hall–Kier alpha value is 0.280. The van der Waals surface area contributed by atoms with Crippen molar-refractivity contribution in [2.75, 3.05) is 67.3 Å². The number of ether oxygens (including phenoxy) is 3. The highest BCUT2D eigenvalue weighted by molar-refractivity contribution is 4.55. The zero-order chi connectivity index (χ0) is 25.2. The molecule has 0 aromatic heterocycles. The van der Waals surface area contributed by atoms with Crippen LogP contribution in [0.5, 0.6) is 0 Å². The van der Waals surface area contributed by atoms with Crippen LogP contribution in [0.4, 0.5) is 0 Å². The first-order chi connectivity index (χ1) is 16.6. The zero-order valence-corrected chi connectivity index (χ0v) is 25.6. The lowest BCUT2D eigenvalue weighted by Crippen LogP contribution is -3.00. The maximum absolute atomic E-state index is 8.98. The van der Waals surface area contributed by atoms with Gasteiger partial charge in [0.1, 0.15) is 6.10 Å². The number of hydrogen-bond donors (Lipinski definition) is 1. The fraction of sp³-hybridized carbons (Fsp3) is 1.00. The fourth-order valence-electron chi connectivity index (χ4n) is 4.37. The molecule has 35 heavy (non-hydrogen) atoms. The second kappa shape index (κ2) is 28.8. The highest BCUT2D eigenvalue weighted by Gasteiger charge is 2.13. The number of halogens is 1. The van der Waals surface area contributed by atoms with Crippen LogP contribution in [0.1, 0.15) is 116 Å². The lowest BCUT2D eigenvalue weighted by atomic mass is 10.0. The van der Waals surface area contributed by atoms with Gasteiger partial charge in [-0.05, 0) is 19.3 Å². The summed E-state index contributed by atoms with van der Waals surface area (Å²) in [6.45, 7) is 7.56. The number of nitrogens with zero attached hydrogens (tertiary/aromatic N) is 1. The van der Waals surface area contributed by atoms with E-state index < -0.39 is 0 Å². The third kappa shape index (κ3) is 28.7. The SMILES string of the molecule is CCCCCCCCCCCCCCCCOCC(COCCCC[N+](C)(C)CCCO)OC.[Br-]. The van der Waals surface area contributed by atoms with Gasteiger partial charge in [-0.25, -0.2) is 0 Å². The third-order valence-corrected chi connectivity index (χ3v) is 6.81. The van der Waals surface area contributed by atoms with Gasteiger partial charge in [-0.1, -0.05) is 90.4 Å². The minimum atomic E-state index is 0. The summed E-state index contributed by atoms with van der Waals surface area (Å²) < 4.78 is 18.1. The van der Waals surface area contributed by atoms with E-state index in [0.29, 0.717) is 13.2 Å². The zero-order valence-electron chi connectivity index (χ0n) is 24.0. The van der Waals surface area contributed by atoms with Gasteiger partial charge in [-0.15, -0.1) is 0 Å². The van der Waals surface area contributed by atoms with Crippen LogP contribution in [0.15, 0.2) is 0 Å². The lowest BCUT2D eigenvalue weighted by Gasteiger charge is -2.29. The third-order valence-electron chi connectivity index (χ3n) is 6.81. The number of aliphatic hydroxyl groups excluding tert-OH is 1. The summed E-state index contributed by atoms with van der Waals surface area (Å²) in [5.41, 5.74) is 0. The number of rotatable bonds is 28. The molecule has 0 rings (SSSR count). The van der Waals surface area contributed by atoms with Crippen molar-refractivity contribution < 1.29 is 40.8 Å². The summed E-state index contributed by atoms with van der Waals surface area (Å²) in [7, 11) is 6.20. The molecule has 0 aliphatic carbocycles. The highest BCUT2D eigenvalue weighted by atomic mass is 79.9. The average molecular weight is 569 g/mol. The van der Waals surface area contributed by atoms with E-state index in [1.54, 1.807) is 7.11 Å². The normalized spacial score (nSPS) is 12.6. The van der Waals surface area contributed by atoms with Gasteiger partial charge in [-0.3, -0.25) is 0 Å². The number of methoxy groups -OCH3 is 1. The molecular formula is C29H62BrNO4. The van der Waals surface area contributed by atoms with E-state index in [1.165, 1.54) is 83.5 Å². The van der Waals surface area contributed by atoms with Crippen LogP contribution in [0.25, 0.3) is 0 Å². The van der Waals surface area contributed by atoms with Crippen molar-refractivity contribution in [3.05, 3.63) is 0 Å². The quantitative estimate of drug-likeness (QED) is 0.115. The van der Waals surface area contributed by atoms with Gasteiger partial charge in [0.25, 0.3) is 0 Å². The molecule has 0 aromatic rings. The van der Waals surface area contributed by atoms with E-state index in [4.69, 9.17) is 19.3 Å². The number of hydrogen-bond acceptors (Lipinski definition) is 4. The lowest BCUT2D eigenvalue weighted by molar-refractivity contribution is -0.890. The van der Waals surface area contributed by atoms with E-state index in [2.05, 4.69) is 21.0 Å². The Morgan fingerprint density at radius 1 is 0.600 bits per heavy atom. The van der Waals surface area contributed by atoms with Gasteiger partial charge in [0.15, 0.2) is 0 Å². The minimum Gasteiger partial charge on any atom is -1.00 e. The highest BCUT2D eigenvalue weighted by Crippen LogP contribution is 2.13. The van der Waals surface area contributed by atoms with E-state index in [9.17, 15) is 0 Å². The Balaban J connectivity index is 0.